The number of nitrogens with two attached hydrogens (primary N) is 1. The molecule has 0 radical (unpaired) electrons. The predicted molar refractivity (Wildman–Crippen MR) is 87.1 cm³/mol. The number of rotatable bonds is 5. The van der Waals surface area contributed by atoms with Gasteiger partial charge in [-0.1, -0.05) is 19.0 Å². The van der Waals surface area contributed by atoms with Gasteiger partial charge in [0, 0.05) is 43.5 Å². The van der Waals surface area contributed by atoms with E-state index >= 15 is 0 Å². The third-order valence-electron chi connectivity index (χ3n) is 4.41. The molecule has 1 aromatic rings. The lowest BCUT2D eigenvalue weighted by molar-refractivity contribution is 0.175. The van der Waals surface area contributed by atoms with E-state index in [1.54, 1.807) is 0 Å². The van der Waals surface area contributed by atoms with Crippen LogP contribution in [0, 0.1) is 0 Å². The van der Waals surface area contributed by atoms with Gasteiger partial charge in [0.25, 0.3) is 0 Å². The van der Waals surface area contributed by atoms with Gasteiger partial charge in [-0.2, -0.15) is 0 Å². The average molecular weight is 290 g/mol. The third kappa shape index (κ3) is 3.67. The van der Waals surface area contributed by atoms with E-state index in [0.717, 1.165) is 37.8 Å². The molecule has 21 heavy (non-hydrogen) atoms. The zero-order valence-electron chi connectivity index (χ0n) is 13.0. The maximum Gasteiger partial charge on any atom is 0.170 e. The minimum Gasteiger partial charge on any atom is -0.409 e. The first-order valence-corrected chi connectivity index (χ1v) is 7.76. The first kappa shape index (κ1) is 15.6. The maximum absolute atomic E-state index is 8.68. The Morgan fingerprint density at radius 2 is 1.71 bits per heavy atom. The molecule has 0 aliphatic carbocycles. The molecule has 0 bridgehead atoms. The molecule has 2 rings (SSSR count). The summed E-state index contributed by atoms with van der Waals surface area (Å²) in [5.41, 5.74) is 7.53. The number of nitrogens with zero attached hydrogens (tertiary/aromatic N) is 3. The van der Waals surface area contributed by atoms with Gasteiger partial charge in [-0.3, -0.25) is 4.90 Å². The zero-order valence-corrected chi connectivity index (χ0v) is 13.0. The van der Waals surface area contributed by atoms with Crippen LogP contribution in [0.4, 0.5) is 5.69 Å². The molecule has 5 nitrogen and oxygen atoms in total. The molecule has 0 aromatic heterocycles. The second kappa shape index (κ2) is 7.31. The van der Waals surface area contributed by atoms with Crippen LogP contribution >= 0.6 is 0 Å². The number of oxime groups is 1. The number of benzene rings is 1. The Morgan fingerprint density at radius 3 is 2.19 bits per heavy atom. The van der Waals surface area contributed by atoms with Crippen LogP contribution in [0.3, 0.4) is 0 Å². The van der Waals surface area contributed by atoms with Crippen LogP contribution in [0.5, 0.6) is 0 Å². The SMILES string of the molecule is CCC(CC)N1CCN(c2ccc(C(N)=NO)cc2)CC1. The van der Waals surface area contributed by atoms with E-state index in [1.807, 2.05) is 24.3 Å². The Balaban J connectivity index is 1.96. The van der Waals surface area contributed by atoms with E-state index in [-0.39, 0.29) is 5.84 Å². The van der Waals surface area contributed by atoms with Crippen molar-refractivity contribution in [3.63, 3.8) is 0 Å². The fourth-order valence-electron chi connectivity index (χ4n) is 3.05. The zero-order chi connectivity index (χ0) is 15.2. The molecule has 0 atom stereocenters. The summed E-state index contributed by atoms with van der Waals surface area (Å²) in [5.74, 6) is 0.153. The van der Waals surface area contributed by atoms with Crippen LogP contribution in [0.1, 0.15) is 32.3 Å². The van der Waals surface area contributed by atoms with E-state index in [0.29, 0.717) is 0 Å². The Bertz CT molecular complexity index is 460. The Kier molecular flexibility index (Phi) is 5.44. The van der Waals surface area contributed by atoms with Gasteiger partial charge in [-0.15, -0.1) is 0 Å². The maximum atomic E-state index is 8.68. The van der Waals surface area contributed by atoms with Crippen LogP contribution < -0.4 is 10.6 Å². The molecule has 1 aromatic carbocycles. The lowest BCUT2D eigenvalue weighted by Gasteiger charge is -2.39. The number of amidine groups is 1. The van der Waals surface area contributed by atoms with Gasteiger partial charge in [0.15, 0.2) is 5.84 Å². The van der Waals surface area contributed by atoms with Crippen molar-refractivity contribution in [2.45, 2.75) is 32.7 Å². The van der Waals surface area contributed by atoms with E-state index in [2.05, 4.69) is 28.8 Å². The highest BCUT2D eigenvalue weighted by atomic mass is 16.4. The van der Waals surface area contributed by atoms with E-state index in [1.165, 1.54) is 18.5 Å². The number of anilines is 1. The van der Waals surface area contributed by atoms with Gasteiger partial charge in [-0.25, -0.2) is 0 Å². The average Bonchev–Trinajstić information content (AvgIpc) is 2.56. The van der Waals surface area contributed by atoms with Crippen molar-refractivity contribution in [3.05, 3.63) is 29.8 Å². The van der Waals surface area contributed by atoms with Crippen LogP contribution in [0.2, 0.25) is 0 Å². The van der Waals surface area contributed by atoms with Crippen LogP contribution in [0.15, 0.2) is 29.4 Å². The standard InChI is InChI=1S/C16H26N4O/c1-3-14(4-2)19-9-11-20(12-10-19)15-7-5-13(6-8-15)16(17)18-21/h5-8,14,21H,3-4,9-12H2,1-2H3,(H2,17,18). The molecule has 0 spiro atoms. The molecule has 5 heteroatoms. The molecule has 0 saturated carbocycles. The van der Waals surface area contributed by atoms with Crippen molar-refractivity contribution in [1.29, 1.82) is 0 Å². The Morgan fingerprint density at radius 1 is 1.14 bits per heavy atom. The molecule has 0 unspecified atom stereocenters. The minimum absolute atomic E-state index is 0.153. The summed E-state index contributed by atoms with van der Waals surface area (Å²) >= 11 is 0. The highest BCUT2D eigenvalue weighted by Gasteiger charge is 2.21. The molecular weight excluding hydrogens is 264 g/mol. The van der Waals surface area contributed by atoms with Crippen molar-refractivity contribution in [2.24, 2.45) is 10.9 Å². The van der Waals surface area contributed by atoms with Gasteiger partial charge in [0.1, 0.15) is 0 Å². The summed E-state index contributed by atoms with van der Waals surface area (Å²) in [5, 5.41) is 11.7. The molecule has 0 amide bonds. The quantitative estimate of drug-likeness (QED) is 0.377. The smallest absolute Gasteiger partial charge is 0.170 e. The second-order valence-electron chi connectivity index (χ2n) is 5.53. The summed E-state index contributed by atoms with van der Waals surface area (Å²) in [6, 6.07) is 8.60. The number of hydrogen-bond acceptors (Lipinski definition) is 4. The monoisotopic (exact) mass is 290 g/mol. The molecule has 1 aliphatic rings. The van der Waals surface area contributed by atoms with Crippen LogP contribution in [-0.4, -0.2) is 48.2 Å². The Hall–Kier alpha value is -1.75. The summed E-state index contributed by atoms with van der Waals surface area (Å²) in [6.07, 6.45) is 2.45. The van der Waals surface area contributed by atoms with Crippen LogP contribution in [-0.2, 0) is 0 Å². The Labute approximate surface area is 127 Å². The summed E-state index contributed by atoms with van der Waals surface area (Å²) in [6.45, 7) is 8.89. The summed E-state index contributed by atoms with van der Waals surface area (Å²) in [4.78, 5) is 5.00. The topological polar surface area (TPSA) is 65.1 Å². The largest absolute Gasteiger partial charge is 0.409 e. The van der Waals surface area contributed by atoms with Gasteiger partial charge in [-0.05, 0) is 37.1 Å². The lowest BCUT2D eigenvalue weighted by atomic mass is 10.1. The predicted octanol–water partition coefficient (Wildman–Crippen LogP) is 2.09. The fraction of sp³-hybridized carbons (Fsp3) is 0.562. The first-order chi connectivity index (χ1) is 10.2. The van der Waals surface area contributed by atoms with Crippen molar-refractivity contribution in [3.8, 4) is 0 Å². The van der Waals surface area contributed by atoms with Crippen LogP contribution in [0.25, 0.3) is 0 Å². The second-order valence-corrected chi connectivity index (χ2v) is 5.53. The van der Waals surface area contributed by atoms with Crippen molar-refractivity contribution < 1.29 is 5.21 Å². The van der Waals surface area contributed by atoms with Crippen molar-refractivity contribution in [1.82, 2.24) is 4.90 Å². The van der Waals surface area contributed by atoms with Gasteiger partial charge < -0.3 is 15.8 Å². The molecule has 1 fully saturated rings. The summed E-state index contributed by atoms with van der Waals surface area (Å²) < 4.78 is 0. The van der Waals surface area contributed by atoms with E-state index in [4.69, 9.17) is 10.9 Å². The molecule has 1 aliphatic heterocycles. The highest BCUT2D eigenvalue weighted by Crippen LogP contribution is 2.19. The molecule has 1 saturated heterocycles. The van der Waals surface area contributed by atoms with Gasteiger partial charge >= 0.3 is 0 Å². The van der Waals surface area contributed by atoms with E-state index < -0.39 is 0 Å². The lowest BCUT2D eigenvalue weighted by Crippen LogP contribution is -2.50. The highest BCUT2D eigenvalue weighted by molar-refractivity contribution is 5.97. The van der Waals surface area contributed by atoms with Gasteiger partial charge in [0.05, 0.1) is 0 Å². The van der Waals surface area contributed by atoms with Crippen molar-refractivity contribution in [2.75, 3.05) is 31.1 Å². The molecule has 116 valence electrons. The third-order valence-corrected chi connectivity index (χ3v) is 4.41. The van der Waals surface area contributed by atoms with Crippen molar-refractivity contribution >= 4 is 11.5 Å². The fourth-order valence-corrected chi connectivity index (χ4v) is 3.05. The van der Waals surface area contributed by atoms with E-state index in [9.17, 15) is 0 Å². The molecular formula is C16H26N4O. The first-order valence-electron chi connectivity index (χ1n) is 7.76. The normalized spacial score (nSPS) is 17.5. The number of piperazine rings is 1. The van der Waals surface area contributed by atoms with Gasteiger partial charge in [0.2, 0.25) is 0 Å². The minimum atomic E-state index is 0.153. The number of hydrogen-bond donors (Lipinski definition) is 2. The summed E-state index contributed by atoms with van der Waals surface area (Å²) in [7, 11) is 0. The molecule has 1 heterocycles. The molecule has 3 N–H and O–H groups in total.